The first-order valence-corrected chi connectivity index (χ1v) is 8.59. The van der Waals surface area contributed by atoms with E-state index in [0.29, 0.717) is 4.83 Å². The molecule has 1 heterocycles. The first-order valence-electron chi connectivity index (χ1n) is 7.68. The molecule has 2 atom stereocenters. The molecular formula is C17H26BrN. The van der Waals surface area contributed by atoms with Crippen LogP contribution in [0.5, 0.6) is 0 Å². The van der Waals surface area contributed by atoms with E-state index in [1.807, 2.05) is 0 Å². The molecule has 106 valence electrons. The highest BCUT2D eigenvalue weighted by Gasteiger charge is 2.21. The van der Waals surface area contributed by atoms with Crippen molar-refractivity contribution < 1.29 is 0 Å². The molecule has 0 aromatic heterocycles. The lowest BCUT2D eigenvalue weighted by Gasteiger charge is -2.31. The molecule has 1 fully saturated rings. The highest BCUT2D eigenvalue weighted by Crippen LogP contribution is 2.23. The first kappa shape index (κ1) is 15.1. The fourth-order valence-electron chi connectivity index (χ4n) is 3.09. The minimum atomic E-state index is 0.634. The largest absolute Gasteiger partial charge is 0.300 e. The van der Waals surface area contributed by atoms with E-state index in [0.717, 1.165) is 6.04 Å². The summed E-state index contributed by atoms with van der Waals surface area (Å²) in [4.78, 5) is 3.37. The molecule has 0 radical (unpaired) electrons. The molecule has 1 nitrogen and oxygen atoms in total. The van der Waals surface area contributed by atoms with Crippen LogP contribution in [-0.4, -0.2) is 28.9 Å². The van der Waals surface area contributed by atoms with E-state index in [1.54, 1.807) is 0 Å². The Kier molecular flexibility index (Phi) is 6.39. The normalized spacial score (nSPS) is 22.9. The second-order valence-corrected chi connectivity index (χ2v) is 7.35. The summed E-state index contributed by atoms with van der Waals surface area (Å²) in [5.74, 6) is 0. The van der Waals surface area contributed by atoms with Crippen LogP contribution in [0, 0.1) is 0 Å². The maximum atomic E-state index is 3.73. The van der Waals surface area contributed by atoms with Crippen molar-refractivity contribution in [3.05, 3.63) is 35.9 Å². The number of hydrogen-bond donors (Lipinski definition) is 0. The smallest absolute Gasteiger partial charge is 0.0132 e. The Hall–Kier alpha value is -0.340. The summed E-state index contributed by atoms with van der Waals surface area (Å²) >= 11 is 3.73. The zero-order chi connectivity index (χ0) is 13.5. The zero-order valence-corrected chi connectivity index (χ0v) is 13.6. The second kappa shape index (κ2) is 8.06. The van der Waals surface area contributed by atoms with Gasteiger partial charge in [-0.05, 0) is 37.8 Å². The molecule has 1 aromatic carbocycles. The van der Waals surface area contributed by atoms with Crippen LogP contribution in [0.3, 0.4) is 0 Å². The van der Waals surface area contributed by atoms with Gasteiger partial charge in [-0.25, -0.2) is 0 Å². The van der Waals surface area contributed by atoms with Crippen LogP contribution in [0.4, 0.5) is 0 Å². The van der Waals surface area contributed by atoms with Gasteiger partial charge in [0.2, 0.25) is 0 Å². The van der Waals surface area contributed by atoms with E-state index >= 15 is 0 Å². The summed E-state index contributed by atoms with van der Waals surface area (Å²) in [6, 6.07) is 11.7. The molecule has 0 bridgehead atoms. The van der Waals surface area contributed by atoms with Crippen LogP contribution in [0.1, 0.15) is 44.6 Å². The molecule has 0 spiro atoms. The summed E-state index contributed by atoms with van der Waals surface area (Å²) in [5, 5.41) is 0. The van der Waals surface area contributed by atoms with Crippen molar-refractivity contribution in [2.45, 2.75) is 56.3 Å². The van der Waals surface area contributed by atoms with Gasteiger partial charge in [-0.2, -0.15) is 0 Å². The highest BCUT2D eigenvalue weighted by molar-refractivity contribution is 9.09. The van der Waals surface area contributed by atoms with Crippen molar-refractivity contribution in [1.82, 2.24) is 4.90 Å². The van der Waals surface area contributed by atoms with E-state index in [9.17, 15) is 0 Å². The van der Waals surface area contributed by atoms with Gasteiger partial charge in [-0.1, -0.05) is 66.0 Å². The van der Waals surface area contributed by atoms with Crippen LogP contribution in [-0.2, 0) is 6.42 Å². The third kappa shape index (κ3) is 5.27. The monoisotopic (exact) mass is 323 g/mol. The van der Waals surface area contributed by atoms with Crippen LogP contribution in [0.2, 0.25) is 0 Å². The van der Waals surface area contributed by atoms with E-state index in [4.69, 9.17) is 0 Å². The van der Waals surface area contributed by atoms with Gasteiger partial charge in [0.15, 0.2) is 0 Å². The molecule has 0 aliphatic carbocycles. The Morgan fingerprint density at radius 2 is 2.00 bits per heavy atom. The molecule has 0 amide bonds. The Morgan fingerprint density at radius 1 is 1.21 bits per heavy atom. The molecule has 0 N–H and O–H groups in total. The molecule has 2 heteroatoms. The van der Waals surface area contributed by atoms with Gasteiger partial charge in [0.05, 0.1) is 0 Å². The average molecular weight is 324 g/mol. The van der Waals surface area contributed by atoms with Gasteiger partial charge in [-0.15, -0.1) is 0 Å². The van der Waals surface area contributed by atoms with Crippen molar-refractivity contribution in [1.29, 1.82) is 0 Å². The molecule has 1 aliphatic rings. The standard InChI is InChI=1S/C17H26BrN/c1-15(18)14-17-10-6-3-7-12-19(17)13-11-16-8-4-2-5-9-16/h2,4-5,8-9,15,17H,3,6-7,10-14H2,1H3. The fraction of sp³-hybridized carbons (Fsp3) is 0.647. The molecule has 0 saturated carbocycles. The summed E-state index contributed by atoms with van der Waals surface area (Å²) in [6.07, 6.45) is 8.05. The molecular weight excluding hydrogens is 298 g/mol. The van der Waals surface area contributed by atoms with Crippen molar-refractivity contribution in [2.75, 3.05) is 13.1 Å². The van der Waals surface area contributed by atoms with Gasteiger partial charge in [0, 0.05) is 17.4 Å². The molecule has 2 unspecified atom stereocenters. The van der Waals surface area contributed by atoms with Gasteiger partial charge in [-0.3, -0.25) is 0 Å². The van der Waals surface area contributed by atoms with E-state index < -0.39 is 0 Å². The minimum absolute atomic E-state index is 0.634. The summed E-state index contributed by atoms with van der Waals surface area (Å²) in [6.45, 7) is 4.78. The number of hydrogen-bond acceptors (Lipinski definition) is 1. The van der Waals surface area contributed by atoms with Gasteiger partial charge < -0.3 is 4.90 Å². The molecule has 1 aliphatic heterocycles. The van der Waals surface area contributed by atoms with Crippen molar-refractivity contribution in [3.8, 4) is 0 Å². The molecule has 19 heavy (non-hydrogen) atoms. The maximum Gasteiger partial charge on any atom is 0.0132 e. The predicted molar refractivity (Wildman–Crippen MR) is 87.0 cm³/mol. The van der Waals surface area contributed by atoms with Crippen molar-refractivity contribution in [2.24, 2.45) is 0 Å². The Labute approximate surface area is 126 Å². The Morgan fingerprint density at radius 3 is 2.74 bits per heavy atom. The van der Waals surface area contributed by atoms with Crippen molar-refractivity contribution in [3.63, 3.8) is 0 Å². The predicted octanol–water partition coefficient (Wildman–Crippen LogP) is 4.65. The minimum Gasteiger partial charge on any atom is -0.300 e. The van der Waals surface area contributed by atoms with Gasteiger partial charge >= 0.3 is 0 Å². The molecule has 1 aromatic rings. The van der Waals surface area contributed by atoms with Gasteiger partial charge in [0.1, 0.15) is 0 Å². The number of alkyl halides is 1. The van der Waals surface area contributed by atoms with E-state index in [2.05, 4.69) is 58.1 Å². The quantitative estimate of drug-likeness (QED) is 0.713. The van der Waals surface area contributed by atoms with E-state index in [-0.39, 0.29) is 0 Å². The summed E-state index contributed by atoms with van der Waals surface area (Å²) in [5.41, 5.74) is 1.47. The topological polar surface area (TPSA) is 3.24 Å². The highest BCUT2D eigenvalue weighted by atomic mass is 79.9. The van der Waals surface area contributed by atoms with Crippen LogP contribution in [0.15, 0.2) is 30.3 Å². The summed E-state index contributed by atoms with van der Waals surface area (Å²) < 4.78 is 0. The van der Waals surface area contributed by atoms with Crippen LogP contribution >= 0.6 is 15.9 Å². The summed E-state index contributed by atoms with van der Waals surface area (Å²) in [7, 11) is 0. The third-order valence-corrected chi connectivity index (χ3v) is 4.50. The Bertz CT molecular complexity index is 350. The molecule has 2 rings (SSSR count). The zero-order valence-electron chi connectivity index (χ0n) is 12.0. The number of rotatable bonds is 5. The number of likely N-dealkylation sites (tertiary alicyclic amines) is 1. The number of benzene rings is 1. The Balaban J connectivity index is 1.90. The first-order chi connectivity index (χ1) is 9.25. The van der Waals surface area contributed by atoms with Gasteiger partial charge in [0.25, 0.3) is 0 Å². The average Bonchev–Trinajstić information content (AvgIpc) is 2.62. The number of halogens is 1. The third-order valence-electron chi connectivity index (χ3n) is 4.13. The second-order valence-electron chi connectivity index (χ2n) is 5.79. The lowest BCUT2D eigenvalue weighted by atomic mass is 10.0. The SMILES string of the molecule is CC(Br)CC1CCCCCN1CCc1ccccc1. The van der Waals surface area contributed by atoms with E-state index in [1.165, 1.54) is 57.2 Å². The van der Waals surface area contributed by atoms with Crippen LogP contribution < -0.4 is 0 Å². The number of nitrogens with zero attached hydrogens (tertiary/aromatic N) is 1. The molecule has 1 saturated heterocycles. The van der Waals surface area contributed by atoms with Crippen LogP contribution in [0.25, 0.3) is 0 Å². The maximum absolute atomic E-state index is 3.73. The lowest BCUT2D eigenvalue weighted by Crippen LogP contribution is -2.37. The lowest BCUT2D eigenvalue weighted by molar-refractivity contribution is 0.193. The van der Waals surface area contributed by atoms with Crippen molar-refractivity contribution >= 4 is 15.9 Å². The fourth-order valence-corrected chi connectivity index (χ4v) is 3.52.